The lowest BCUT2D eigenvalue weighted by atomic mass is 9.55. The summed E-state index contributed by atoms with van der Waals surface area (Å²) in [4.78, 5) is 24.3. The first-order valence-corrected chi connectivity index (χ1v) is 9.79. The molecule has 1 aromatic carbocycles. The topological polar surface area (TPSA) is 52.6 Å². The molecule has 4 nitrogen and oxygen atoms in total. The van der Waals surface area contributed by atoms with Gasteiger partial charge in [0, 0.05) is 11.5 Å². The van der Waals surface area contributed by atoms with Crippen LogP contribution in [0, 0.1) is 23.1 Å². The third-order valence-corrected chi connectivity index (χ3v) is 6.79. The second-order valence-electron chi connectivity index (χ2n) is 8.62. The van der Waals surface area contributed by atoms with Crippen molar-refractivity contribution in [3.05, 3.63) is 60.0 Å². The quantitative estimate of drug-likeness (QED) is 0.446. The van der Waals surface area contributed by atoms with E-state index in [2.05, 4.69) is 20.1 Å². The third kappa shape index (κ3) is 3.27. The highest BCUT2D eigenvalue weighted by Gasteiger charge is 2.54. The molecule has 1 aromatic rings. The molecule has 0 bridgehead atoms. The molecule has 0 aromatic heterocycles. The SMILES string of the molecule is C=C1C(=O)O[C@@H]2C[C@@]3(C)CC[C@@H](OC(=O)Cc4ccc(F)cc4)C(=C)[C@@H]3C[C@H]12. The van der Waals surface area contributed by atoms with Crippen molar-refractivity contribution < 1.29 is 23.5 Å². The van der Waals surface area contributed by atoms with Gasteiger partial charge in [0.15, 0.2) is 0 Å². The lowest BCUT2D eigenvalue weighted by molar-refractivity contribution is -0.151. The van der Waals surface area contributed by atoms with Crippen molar-refractivity contribution in [2.45, 2.75) is 51.2 Å². The molecule has 5 atom stereocenters. The second-order valence-corrected chi connectivity index (χ2v) is 8.62. The number of ether oxygens (including phenoxy) is 2. The summed E-state index contributed by atoms with van der Waals surface area (Å²) in [7, 11) is 0. The Hall–Kier alpha value is -2.43. The van der Waals surface area contributed by atoms with E-state index in [-0.39, 0.29) is 53.6 Å². The van der Waals surface area contributed by atoms with Gasteiger partial charge in [0.05, 0.1) is 6.42 Å². The fourth-order valence-corrected chi connectivity index (χ4v) is 5.14. The van der Waals surface area contributed by atoms with E-state index in [0.29, 0.717) is 12.0 Å². The summed E-state index contributed by atoms with van der Waals surface area (Å²) in [5.41, 5.74) is 2.18. The van der Waals surface area contributed by atoms with Crippen LogP contribution >= 0.6 is 0 Å². The van der Waals surface area contributed by atoms with E-state index < -0.39 is 0 Å². The molecule has 28 heavy (non-hydrogen) atoms. The second kappa shape index (κ2) is 6.87. The zero-order chi connectivity index (χ0) is 20.1. The van der Waals surface area contributed by atoms with Gasteiger partial charge in [-0.2, -0.15) is 0 Å². The van der Waals surface area contributed by atoms with Crippen LogP contribution in [0.2, 0.25) is 0 Å². The summed E-state index contributed by atoms with van der Waals surface area (Å²) in [5, 5.41) is 0. The predicted molar refractivity (Wildman–Crippen MR) is 102 cm³/mol. The Morgan fingerprint density at radius 2 is 2.04 bits per heavy atom. The number of hydrogen-bond donors (Lipinski definition) is 0. The lowest BCUT2D eigenvalue weighted by Crippen LogP contribution is -2.47. The number of carbonyl (C=O) groups excluding carboxylic acids is 2. The molecular weight excluding hydrogens is 359 g/mol. The monoisotopic (exact) mass is 384 g/mol. The molecule has 0 spiro atoms. The van der Waals surface area contributed by atoms with Gasteiger partial charge in [0.1, 0.15) is 18.0 Å². The van der Waals surface area contributed by atoms with Crippen LogP contribution < -0.4 is 0 Å². The van der Waals surface area contributed by atoms with Crippen molar-refractivity contribution in [1.82, 2.24) is 0 Å². The fourth-order valence-electron chi connectivity index (χ4n) is 5.14. The Morgan fingerprint density at radius 1 is 1.32 bits per heavy atom. The molecule has 1 saturated heterocycles. The van der Waals surface area contributed by atoms with Crippen LogP contribution in [-0.2, 0) is 25.5 Å². The first-order chi connectivity index (χ1) is 13.3. The smallest absolute Gasteiger partial charge is 0.334 e. The summed E-state index contributed by atoms with van der Waals surface area (Å²) in [5.74, 6) is -0.763. The van der Waals surface area contributed by atoms with Crippen LogP contribution in [0.5, 0.6) is 0 Å². The minimum absolute atomic E-state index is 0.0109. The Balaban J connectivity index is 1.43. The molecule has 2 saturated carbocycles. The maximum absolute atomic E-state index is 13.0. The van der Waals surface area contributed by atoms with Crippen LogP contribution in [0.25, 0.3) is 0 Å². The zero-order valence-electron chi connectivity index (χ0n) is 16.1. The number of esters is 2. The first kappa shape index (κ1) is 18.9. The van der Waals surface area contributed by atoms with Crippen LogP contribution in [0.3, 0.4) is 0 Å². The number of rotatable bonds is 3. The van der Waals surface area contributed by atoms with Gasteiger partial charge in [0.2, 0.25) is 0 Å². The highest BCUT2D eigenvalue weighted by molar-refractivity contribution is 5.90. The van der Waals surface area contributed by atoms with Crippen molar-refractivity contribution in [3.63, 3.8) is 0 Å². The van der Waals surface area contributed by atoms with E-state index in [0.717, 1.165) is 30.4 Å². The van der Waals surface area contributed by atoms with Crippen LogP contribution in [0.4, 0.5) is 4.39 Å². The first-order valence-electron chi connectivity index (χ1n) is 9.79. The van der Waals surface area contributed by atoms with Crippen molar-refractivity contribution in [3.8, 4) is 0 Å². The van der Waals surface area contributed by atoms with E-state index >= 15 is 0 Å². The number of fused-ring (bicyclic) bond motifs is 2. The molecule has 1 heterocycles. The Morgan fingerprint density at radius 3 is 2.75 bits per heavy atom. The highest BCUT2D eigenvalue weighted by Crippen LogP contribution is 2.57. The van der Waals surface area contributed by atoms with Gasteiger partial charge in [-0.1, -0.05) is 32.2 Å². The van der Waals surface area contributed by atoms with Gasteiger partial charge in [-0.25, -0.2) is 9.18 Å². The molecule has 3 aliphatic rings. The number of benzene rings is 1. The standard InChI is InChI=1S/C23H25FO4/c1-13-17-11-18-14(2)19(8-9-23(18,3)12-20(17)28-22(13)26)27-21(25)10-15-4-6-16(24)7-5-15/h4-7,17-20H,1-2,8-12H2,3H3/t17-,18+,19-,20-,23-/m1/s1. The predicted octanol–water partition coefficient (Wildman–Crippen LogP) is 4.14. The average molecular weight is 384 g/mol. The largest absolute Gasteiger partial charge is 0.458 e. The van der Waals surface area contributed by atoms with E-state index in [1.807, 2.05) is 0 Å². The fraction of sp³-hybridized carbons (Fsp3) is 0.478. The third-order valence-electron chi connectivity index (χ3n) is 6.79. The van der Waals surface area contributed by atoms with Crippen molar-refractivity contribution >= 4 is 11.9 Å². The molecule has 5 heteroatoms. The van der Waals surface area contributed by atoms with Gasteiger partial charge < -0.3 is 9.47 Å². The Labute approximate surface area is 164 Å². The maximum atomic E-state index is 13.0. The number of carbonyl (C=O) groups is 2. The van der Waals surface area contributed by atoms with E-state index in [1.165, 1.54) is 12.1 Å². The van der Waals surface area contributed by atoms with Gasteiger partial charge in [-0.3, -0.25) is 4.79 Å². The molecule has 4 rings (SSSR count). The summed E-state index contributed by atoms with van der Waals surface area (Å²) in [6.07, 6.45) is 2.85. The van der Waals surface area contributed by atoms with Gasteiger partial charge >= 0.3 is 11.9 Å². The molecule has 0 N–H and O–H groups in total. The molecule has 148 valence electrons. The summed E-state index contributed by atoms with van der Waals surface area (Å²) < 4.78 is 24.3. The minimum Gasteiger partial charge on any atom is -0.458 e. The normalized spacial score (nSPS) is 34.4. The van der Waals surface area contributed by atoms with Crippen molar-refractivity contribution in [2.24, 2.45) is 17.3 Å². The molecule has 0 amide bonds. The molecule has 0 radical (unpaired) electrons. The van der Waals surface area contributed by atoms with Crippen molar-refractivity contribution in [1.29, 1.82) is 0 Å². The van der Waals surface area contributed by atoms with E-state index in [9.17, 15) is 14.0 Å². The Kier molecular flexibility index (Phi) is 4.64. The Bertz CT molecular complexity index is 843. The minimum atomic E-state index is -0.334. The van der Waals surface area contributed by atoms with Crippen LogP contribution in [0.15, 0.2) is 48.6 Å². The lowest BCUT2D eigenvalue weighted by Gasteiger charge is -2.51. The summed E-state index contributed by atoms with van der Waals surface area (Å²) >= 11 is 0. The van der Waals surface area contributed by atoms with Crippen LogP contribution in [0.1, 0.15) is 38.2 Å². The molecular formula is C23H25FO4. The zero-order valence-corrected chi connectivity index (χ0v) is 16.1. The molecule has 2 aliphatic carbocycles. The molecule has 1 aliphatic heterocycles. The van der Waals surface area contributed by atoms with Crippen LogP contribution in [-0.4, -0.2) is 24.1 Å². The summed E-state index contributed by atoms with van der Waals surface area (Å²) in [6, 6.07) is 5.86. The van der Waals surface area contributed by atoms with Gasteiger partial charge in [-0.15, -0.1) is 0 Å². The van der Waals surface area contributed by atoms with E-state index in [4.69, 9.17) is 9.47 Å². The molecule has 3 fully saturated rings. The van der Waals surface area contributed by atoms with E-state index in [1.54, 1.807) is 12.1 Å². The molecule has 0 unspecified atom stereocenters. The van der Waals surface area contributed by atoms with Gasteiger partial charge in [-0.05, 0) is 60.3 Å². The number of halogens is 1. The van der Waals surface area contributed by atoms with Crippen molar-refractivity contribution in [2.75, 3.05) is 0 Å². The van der Waals surface area contributed by atoms with Gasteiger partial charge in [0.25, 0.3) is 0 Å². The maximum Gasteiger partial charge on any atom is 0.334 e. The average Bonchev–Trinajstić information content (AvgIpc) is 2.91. The number of hydrogen-bond acceptors (Lipinski definition) is 4. The summed E-state index contributed by atoms with van der Waals surface area (Å²) in [6.45, 7) is 10.4. The highest BCUT2D eigenvalue weighted by atomic mass is 19.1.